The summed E-state index contributed by atoms with van der Waals surface area (Å²) in [5.41, 5.74) is 5.20. The number of carbonyl (C=O) groups is 1. The monoisotopic (exact) mass is 312 g/mol. The molecule has 0 aromatic heterocycles. The number of halogens is 4. The second-order valence-electron chi connectivity index (χ2n) is 4.01. The maximum absolute atomic E-state index is 12.5. The van der Waals surface area contributed by atoms with Gasteiger partial charge in [-0.25, -0.2) is 5.06 Å². The van der Waals surface area contributed by atoms with Crippen LogP contribution in [0.5, 0.6) is 0 Å². The number of nitrogens with zero attached hydrogens (tertiary/aromatic N) is 1. The predicted octanol–water partition coefficient (Wildman–Crippen LogP) is 2.54. The van der Waals surface area contributed by atoms with Crippen molar-refractivity contribution in [2.24, 2.45) is 5.73 Å². The number of alkyl halides is 3. The summed E-state index contributed by atoms with van der Waals surface area (Å²) in [6.07, 6.45) is -4.56. The van der Waals surface area contributed by atoms with Crippen LogP contribution in [0.25, 0.3) is 0 Å². The molecular formula is C12H16ClF3N2O2. The normalized spacial score (nSPS) is 12.5. The summed E-state index contributed by atoms with van der Waals surface area (Å²) in [5.74, 6) is -0.410. The number of hydroxylamine groups is 2. The van der Waals surface area contributed by atoms with E-state index in [1.165, 1.54) is 26.3 Å². The van der Waals surface area contributed by atoms with Crippen molar-refractivity contribution in [3.63, 3.8) is 0 Å². The number of hydrogen-bond donors (Lipinski definition) is 1. The van der Waals surface area contributed by atoms with Crippen LogP contribution in [0.4, 0.5) is 13.2 Å². The fourth-order valence-electron chi connectivity index (χ4n) is 1.48. The quantitative estimate of drug-likeness (QED) is 0.869. The minimum absolute atomic E-state index is 0. The fourth-order valence-corrected chi connectivity index (χ4v) is 1.48. The third-order valence-corrected chi connectivity index (χ3v) is 2.66. The molecule has 0 fully saturated rings. The zero-order valence-electron chi connectivity index (χ0n) is 11.0. The minimum atomic E-state index is -4.43. The van der Waals surface area contributed by atoms with Crippen LogP contribution in [0.15, 0.2) is 24.3 Å². The Kier molecular flexibility index (Phi) is 6.98. The topological polar surface area (TPSA) is 55.6 Å². The van der Waals surface area contributed by atoms with Crippen LogP contribution in [-0.4, -0.2) is 25.1 Å². The Morgan fingerprint density at radius 2 is 2.05 bits per heavy atom. The Labute approximate surface area is 121 Å². The molecule has 0 spiro atoms. The molecule has 1 unspecified atom stereocenters. The van der Waals surface area contributed by atoms with E-state index in [-0.39, 0.29) is 24.4 Å². The summed E-state index contributed by atoms with van der Waals surface area (Å²) in [6.45, 7) is 0. The highest BCUT2D eigenvalue weighted by Crippen LogP contribution is 2.30. The van der Waals surface area contributed by atoms with Crippen LogP contribution in [0.3, 0.4) is 0 Å². The van der Waals surface area contributed by atoms with Crippen LogP contribution in [0.2, 0.25) is 0 Å². The SMILES string of the molecule is CON(C)C(=O)CC(N)c1cccc(C(F)(F)F)c1.Cl. The second kappa shape index (κ2) is 7.47. The second-order valence-corrected chi connectivity index (χ2v) is 4.01. The molecule has 1 aromatic carbocycles. The van der Waals surface area contributed by atoms with Crippen LogP contribution in [0.1, 0.15) is 23.6 Å². The van der Waals surface area contributed by atoms with Gasteiger partial charge in [-0.1, -0.05) is 12.1 Å². The van der Waals surface area contributed by atoms with Crippen molar-refractivity contribution in [1.29, 1.82) is 0 Å². The van der Waals surface area contributed by atoms with E-state index >= 15 is 0 Å². The number of hydrogen-bond acceptors (Lipinski definition) is 3. The molecule has 20 heavy (non-hydrogen) atoms. The van der Waals surface area contributed by atoms with Crippen LogP contribution in [-0.2, 0) is 15.8 Å². The Balaban J connectivity index is 0.00000361. The van der Waals surface area contributed by atoms with Crippen molar-refractivity contribution in [2.75, 3.05) is 14.2 Å². The summed E-state index contributed by atoms with van der Waals surface area (Å²) in [4.78, 5) is 16.2. The first-order valence-electron chi connectivity index (χ1n) is 5.49. The van der Waals surface area contributed by atoms with Crippen molar-refractivity contribution >= 4 is 18.3 Å². The van der Waals surface area contributed by atoms with E-state index in [4.69, 9.17) is 5.73 Å². The van der Waals surface area contributed by atoms with Gasteiger partial charge in [0.2, 0.25) is 5.91 Å². The first kappa shape index (κ1) is 18.7. The molecule has 0 aliphatic carbocycles. The van der Waals surface area contributed by atoms with Gasteiger partial charge < -0.3 is 5.73 Å². The maximum Gasteiger partial charge on any atom is 0.416 e. The van der Waals surface area contributed by atoms with Crippen molar-refractivity contribution in [2.45, 2.75) is 18.6 Å². The zero-order chi connectivity index (χ0) is 14.6. The van der Waals surface area contributed by atoms with Crippen LogP contribution in [0, 0.1) is 0 Å². The Hall–Kier alpha value is -1.31. The molecule has 4 nitrogen and oxygen atoms in total. The molecule has 1 atom stereocenters. The summed E-state index contributed by atoms with van der Waals surface area (Å²) in [6, 6.07) is 3.82. The Morgan fingerprint density at radius 1 is 1.45 bits per heavy atom. The lowest BCUT2D eigenvalue weighted by atomic mass is 10.0. The average Bonchev–Trinajstić information content (AvgIpc) is 2.36. The van der Waals surface area contributed by atoms with Gasteiger partial charge >= 0.3 is 6.18 Å². The smallest absolute Gasteiger partial charge is 0.324 e. The first-order valence-corrected chi connectivity index (χ1v) is 5.49. The van der Waals surface area contributed by atoms with E-state index in [0.717, 1.165) is 17.2 Å². The predicted molar refractivity (Wildman–Crippen MR) is 70.0 cm³/mol. The standard InChI is InChI=1S/C12H15F3N2O2.ClH/c1-17(19-2)11(18)7-10(16)8-4-3-5-9(6-8)12(13,14)15;/h3-6,10H,7,16H2,1-2H3;1H. The van der Waals surface area contributed by atoms with Gasteiger partial charge in [-0.15, -0.1) is 12.4 Å². The number of amides is 1. The Bertz CT molecular complexity index is 455. The molecule has 2 N–H and O–H groups in total. The molecule has 0 aliphatic rings. The number of benzene rings is 1. The minimum Gasteiger partial charge on any atom is -0.324 e. The van der Waals surface area contributed by atoms with E-state index in [1.807, 2.05) is 0 Å². The van der Waals surface area contributed by atoms with E-state index in [1.54, 1.807) is 0 Å². The zero-order valence-corrected chi connectivity index (χ0v) is 11.8. The van der Waals surface area contributed by atoms with Gasteiger partial charge in [-0.3, -0.25) is 9.63 Å². The highest BCUT2D eigenvalue weighted by molar-refractivity contribution is 5.85. The van der Waals surface area contributed by atoms with Crippen LogP contribution >= 0.6 is 12.4 Å². The molecule has 0 heterocycles. The summed E-state index contributed by atoms with van der Waals surface area (Å²) in [7, 11) is 2.72. The van der Waals surface area contributed by atoms with Gasteiger partial charge in [0.25, 0.3) is 0 Å². The van der Waals surface area contributed by atoms with Gasteiger partial charge in [0.15, 0.2) is 0 Å². The van der Waals surface area contributed by atoms with E-state index in [2.05, 4.69) is 4.84 Å². The molecule has 1 rings (SSSR count). The van der Waals surface area contributed by atoms with E-state index in [9.17, 15) is 18.0 Å². The van der Waals surface area contributed by atoms with Gasteiger partial charge in [0.1, 0.15) is 0 Å². The van der Waals surface area contributed by atoms with Crippen molar-refractivity contribution < 1.29 is 22.8 Å². The lowest BCUT2D eigenvalue weighted by molar-refractivity contribution is -0.169. The summed E-state index contributed by atoms with van der Waals surface area (Å²) >= 11 is 0. The summed E-state index contributed by atoms with van der Waals surface area (Å²) in [5, 5.41) is 0.980. The molecule has 0 radical (unpaired) electrons. The third-order valence-electron chi connectivity index (χ3n) is 2.66. The number of nitrogens with two attached hydrogens (primary N) is 1. The molecule has 0 bridgehead atoms. The lowest BCUT2D eigenvalue weighted by Gasteiger charge is -2.18. The van der Waals surface area contributed by atoms with Crippen molar-refractivity contribution in [3.05, 3.63) is 35.4 Å². The molecular weight excluding hydrogens is 297 g/mol. The summed E-state index contributed by atoms with van der Waals surface area (Å²) < 4.78 is 37.6. The van der Waals surface area contributed by atoms with Gasteiger partial charge in [0, 0.05) is 19.5 Å². The maximum atomic E-state index is 12.5. The largest absolute Gasteiger partial charge is 0.416 e. The van der Waals surface area contributed by atoms with Crippen molar-refractivity contribution in [1.82, 2.24) is 5.06 Å². The fraction of sp³-hybridized carbons (Fsp3) is 0.417. The van der Waals surface area contributed by atoms with E-state index < -0.39 is 23.7 Å². The molecule has 114 valence electrons. The van der Waals surface area contributed by atoms with Crippen LogP contribution < -0.4 is 5.73 Å². The van der Waals surface area contributed by atoms with Gasteiger partial charge in [0.05, 0.1) is 12.7 Å². The molecule has 8 heteroatoms. The lowest BCUT2D eigenvalue weighted by Crippen LogP contribution is -2.29. The average molecular weight is 313 g/mol. The number of carbonyl (C=O) groups excluding carboxylic acids is 1. The van der Waals surface area contributed by atoms with E-state index in [0.29, 0.717) is 0 Å². The highest BCUT2D eigenvalue weighted by atomic mass is 35.5. The first-order chi connectivity index (χ1) is 8.75. The molecule has 1 amide bonds. The number of rotatable bonds is 4. The molecule has 0 saturated carbocycles. The third kappa shape index (κ3) is 4.99. The Morgan fingerprint density at radius 3 is 2.55 bits per heavy atom. The molecule has 0 saturated heterocycles. The van der Waals surface area contributed by atoms with Gasteiger partial charge in [-0.2, -0.15) is 13.2 Å². The van der Waals surface area contributed by atoms with Crippen molar-refractivity contribution in [3.8, 4) is 0 Å². The molecule has 0 aliphatic heterocycles. The molecule has 1 aromatic rings. The van der Waals surface area contributed by atoms with Gasteiger partial charge in [-0.05, 0) is 17.7 Å². The highest BCUT2D eigenvalue weighted by Gasteiger charge is 2.30.